The van der Waals surface area contributed by atoms with Gasteiger partial charge in [-0.2, -0.15) is 0 Å². The van der Waals surface area contributed by atoms with Crippen LogP contribution >= 0.6 is 0 Å². The monoisotopic (exact) mass is 271 g/mol. The minimum absolute atomic E-state index is 0.0868. The lowest BCUT2D eigenvalue weighted by Gasteiger charge is -2.35. The molecule has 3 N–H and O–H groups in total. The molecule has 19 heavy (non-hydrogen) atoms. The van der Waals surface area contributed by atoms with Crippen molar-refractivity contribution >= 4 is 12.0 Å². The molecule has 0 aromatic heterocycles. The van der Waals surface area contributed by atoms with Crippen molar-refractivity contribution in [1.29, 1.82) is 0 Å². The summed E-state index contributed by atoms with van der Waals surface area (Å²) >= 11 is 0. The minimum Gasteiger partial charge on any atom is -0.444 e. The Labute approximate surface area is 114 Å². The summed E-state index contributed by atoms with van der Waals surface area (Å²) in [7, 11) is 0. The van der Waals surface area contributed by atoms with Crippen LogP contribution in [0, 0.1) is 0 Å². The summed E-state index contributed by atoms with van der Waals surface area (Å²) in [6.07, 6.45) is 1.52. The van der Waals surface area contributed by atoms with Crippen LogP contribution in [0.15, 0.2) is 0 Å². The number of carbonyl (C=O) groups excluding carboxylic acids is 2. The third-order valence-electron chi connectivity index (χ3n) is 2.99. The van der Waals surface area contributed by atoms with Crippen LogP contribution < -0.4 is 11.1 Å². The van der Waals surface area contributed by atoms with Gasteiger partial charge in [0, 0.05) is 19.1 Å². The lowest BCUT2D eigenvalue weighted by atomic mass is 10.1. The second-order valence-electron chi connectivity index (χ2n) is 6.06. The number of ether oxygens (including phenoxy) is 1. The summed E-state index contributed by atoms with van der Waals surface area (Å²) in [6, 6.07) is -0.299. The lowest BCUT2D eigenvalue weighted by molar-refractivity contribution is -0.119. The van der Waals surface area contributed by atoms with Crippen LogP contribution in [0.25, 0.3) is 0 Å². The van der Waals surface area contributed by atoms with Crippen LogP contribution in [0.3, 0.4) is 0 Å². The largest absolute Gasteiger partial charge is 0.444 e. The molecule has 110 valence electrons. The van der Waals surface area contributed by atoms with Gasteiger partial charge in [0.25, 0.3) is 0 Å². The zero-order valence-electron chi connectivity index (χ0n) is 12.2. The van der Waals surface area contributed by atoms with Crippen molar-refractivity contribution in [3.8, 4) is 0 Å². The molecule has 2 amide bonds. The molecule has 1 aliphatic heterocycles. The smallest absolute Gasteiger partial charge is 0.410 e. The number of nitrogens with zero attached hydrogens (tertiary/aromatic N) is 1. The average molecular weight is 271 g/mol. The van der Waals surface area contributed by atoms with Crippen molar-refractivity contribution in [2.75, 3.05) is 13.1 Å². The van der Waals surface area contributed by atoms with Crippen molar-refractivity contribution in [2.24, 2.45) is 5.73 Å². The molecule has 6 nitrogen and oxygen atoms in total. The number of rotatable bonds is 3. The van der Waals surface area contributed by atoms with E-state index in [2.05, 4.69) is 5.32 Å². The second kappa shape index (κ2) is 6.23. The summed E-state index contributed by atoms with van der Waals surface area (Å²) in [5.41, 5.74) is 4.74. The van der Waals surface area contributed by atoms with Crippen LogP contribution in [-0.4, -0.2) is 47.7 Å². The fourth-order valence-electron chi connectivity index (χ4n) is 2.04. The van der Waals surface area contributed by atoms with Gasteiger partial charge < -0.3 is 20.7 Å². The van der Waals surface area contributed by atoms with Gasteiger partial charge in [-0.15, -0.1) is 0 Å². The minimum atomic E-state index is -0.488. The molecular formula is C13H25N3O3. The molecule has 1 fully saturated rings. The van der Waals surface area contributed by atoms with Crippen molar-refractivity contribution in [2.45, 2.75) is 58.2 Å². The Morgan fingerprint density at radius 1 is 1.42 bits per heavy atom. The van der Waals surface area contributed by atoms with Gasteiger partial charge in [-0.3, -0.25) is 4.79 Å². The molecule has 1 rings (SSSR count). The van der Waals surface area contributed by atoms with E-state index in [9.17, 15) is 9.59 Å². The van der Waals surface area contributed by atoms with E-state index >= 15 is 0 Å². The molecule has 1 saturated heterocycles. The van der Waals surface area contributed by atoms with Gasteiger partial charge in [0.1, 0.15) is 5.60 Å². The first-order valence-electron chi connectivity index (χ1n) is 6.72. The normalized spacial score (nSPS) is 21.9. The maximum absolute atomic E-state index is 12.0. The molecule has 0 saturated carbocycles. The summed E-state index contributed by atoms with van der Waals surface area (Å²) in [6.45, 7) is 8.51. The molecule has 2 unspecified atom stereocenters. The Kier molecular flexibility index (Phi) is 5.17. The van der Waals surface area contributed by atoms with E-state index < -0.39 is 5.60 Å². The number of nitrogens with two attached hydrogens (primary N) is 1. The third-order valence-corrected chi connectivity index (χ3v) is 2.99. The van der Waals surface area contributed by atoms with Gasteiger partial charge in [0.2, 0.25) is 5.91 Å². The lowest BCUT2D eigenvalue weighted by Crippen LogP contribution is -2.53. The van der Waals surface area contributed by atoms with E-state index in [4.69, 9.17) is 10.5 Å². The quantitative estimate of drug-likeness (QED) is 0.797. The van der Waals surface area contributed by atoms with Gasteiger partial charge in [0.05, 0.1) is 6.04 Å². The highest BCUT2D eigenvalue weighted by Crippen LogP contribution is 2.15. The van der Waals surface area contributed by atoms with E-state index in [1.807, 2.05) is 20.8 Å². The van der Waals surface area contributed by atoms with Gasteiger partial charge in [-0.05, 0) is 40.5 Å². The highest BCUT2D eigenvalue weighted by Gasteiger charge is 2.28. The van der Waals surface area contributed by atoms with E-state index in [1.165, 1.54) is 0 Å². The molecule has 0 aromatic rings. The van der Waals surface area contributed by atoms with Crippen molar-refractivity contribution in [1.82, 2.24) is 10.2 Å². The molecule has 0 radical (unpaired) electrons. The predicted octanol–water partition coefficient (Wildman–Crippen LogP) is 0.849. The van der Waals surface area contributed by atoms with Crippen LogP contribution in [0.2, 0.25) is 0 Å². The van der Waals surface area contributed by atoms with Gasteiger partial charge in [-0.1, -0.05) is 0 Å². The first-order chi connectivity index (χ1) is 8.69. The van der Waals surface area contributed by atoms with Crippen molar-refractivity contribution < 1.29 is 14.3 Å². The Hall–Kier alpha value is -1.30. The highest BCUT2D eigenvalue weighted by atomic mass is 16.6. The first kappa shape index (κ1) is 15.8. The molecular weight excluding hydrogens is 246 g/mol. The van der Waals surface area contributed by atoms with E-state index in [1.54, 1.807) is 11.8 Å². The van der Waals surface area contributed by atoms with Crippen LogP contribution in [-0.2, 0) is 9.53 Å². The van der Waals surface area contributed by atoms with Gasteiger partial charge >= 0.3 is 6.09 Å². The summed E-state index contributed by atoms with van der Waals surface area (Å²) < 4.78 is 5.35. The van der Waals surface area contributed by atoms with Gasteiger partial charge in [0.15, 0.2) is 0 Å². The molecule has 2 atom stereocenters. The number of likely N-dealkylation sites (tertiary alicyclic amines) is 1. The molecule has 0 bridgehead atoms. The Morgan fingerprint density at radius 3 is 2.58 bits per heavy atom. The number of hydrogen-bond donors (Lipinski definition) is 2. The number of carbonyl (C=O) groups is 2. The maximum atomic E-state index is 12.0. The van der Waals surface area contributed by atoms with Crippen LogP contribution in [0.5, 0.6) is 0 Å². The molecule has 1 aliphatic rings. The zero-order chi connectivity index (χ0) is 14.6. The third kappa shape index (κ3) is 5.46. The van der Waals surface area contributed by atoms with Crippen LogP contribution in [0.4, 0.5) is 4.79 Å². The van der Waals surface area contributed by atoms with Crippen molar-refractivity contribution in [3.05, 3.63) is 0 Å². The summed E-state index contributed by atoms with van der Waals surface area (Å²) in [4.78, 5) is 24.7. The number of hydrogen-bond acceptors (Lipinski definition) is 4. The standard InChI is InChI=1S/C13H25N3O3/c1-9(11(14)17)15-10-6-5-7-16(8-10)12(18)19-13(2,3)4/h9-10,15H,5-8H2,1-4H3,(H2,14,17). The molecule has 0 aromatic carbocycles. The van der Waals surface area contributed by atoms with Crippen LogP contribution in [0.1, 0.15) is 40.5 Å². The number of amides is 2. The first-order valence-corrected chi connectivity index (χ1v) is 6.72. The summed E-state index contributed by atoms with van der Waals surface area (Å²) in [5, 5.41) is 3.14. The van der Waals surface area contributed by atoms with Crippen molar-refractivity contribution in [3.63, 3.8) is 0 Å². The van der Waals surface area contributed by atoms with E-state index in [0.29, 0.717) is 13.1 Å². The maximum Gasteiger partial charge on any atom is 0.410 e. The topological polar surface area (TPSA) is 84.7 Å². The Bertz CT molecular complexity index is 339. The molecule has 6 heteroatoms. The fraction of sp³-hybridized carbons (Fsp3) is 0.846. The number of piperidine rings is 1. The second-order valence-corrected chi connectivity index (χ2v) is 6.06. The summed E-state index contributed by atoms with van der Waals surface area (Å²) in [5.74, 6) is -0.380. The average Bonchev–Trinajstić information content (AvgIpc) is 2.27. The predicted molar refractivity (Wildman–Crippen MR) is 72.6 cm³/mol. The Morgan fingerprint density at radius 2 is 2.05 bits per heavy atom. The number of primary amides is 1. The van der Waals surface area contributed by atoms with E-state index in [0.717, 1.165) is 12.8 Å². The SMILES string of the molecule is CC(NC1CCCN(C(=O)OC(C)(C)C)C1)C(N)=O. The zero-order valence-corrected chi connectivity index (χ0v) is 12.2. The van der Waals surface area contributed by atoms with E-state index in [-0.39, 0.29) is 24.1 Å². The molecule has 0 spiro atoms. The molecule has 1 heterocycles. The fourth-order valence-corrected chi connectivity index (χ4v) is 2.04. The highest BCUT2D eigenvalue weighted by molar-refractivity contribution is 5.79. The molecule has 0 aliphatic carbocycles. The Balaban J connectivity index is 2.50. The number of nitrogens with one attached hydrogen (secondary N) is 1. The van der Waals surface area contributed by atoms with Gasteiger partial charge in [-0.25, -0.2) is 4.79 Å².